The number of hydrogen-bond donors (Lipinski definition) is 3. The average molecular weight is 330 g/mol. The Hall–Kier alpha value is -1.27. The van der Waals surface area contributed by atoms with E-state index >= 15 is 0 Å². The second-order valence-corrected chi connectivity index (χ2v) is 5.75. The second-order valence-electron chi connectivity index (χ2n) is 3.28. The van der Waals surface area contributed by atoms with Crippen molar-refractivity contribution >= 4 is 26.7 Å². The Morgan fingerprint density at radius 2 is 1.75 bits per heavy atom. The van der Waals surface area contributed by atoms with Gasteiger partial charge in [-0.2, -0.15) is 16.8 Å². The molecule has 1 heterocycles. The van der Waals surface area contributed by atoms with Crippen molar-refractivity contribution in [3.63, 3.8) is 0 Å². The Labute approximate surface area is 118 Å². The molecule has 11 heteroatoms. The molecule has 9 nitrogen and oxygen atoms in total. The van der Waals surface area contributed by atoms with Crippen LogP contribution < -0.4 is 0 Å². The van der Waals surface area contributed by atoms with Crippen LogP contribution in [0.2, 0.25) is 0 Å². The maximum absolute atomic E-state index is 9.95. The zero-order valence-corrected chi connectivity index (χ0v) is 12.5. The van der Waals surface area contributed by atoms with Crippen molar-refractivity contribution in [1.82, 2.24) is 9.55 Å². The standard InChI is InChI=1S/C5H6N2.C4H10O3S.H2O4S/c1-2-7-4-3-6-5-7;1-2-3-4-8(5,6)7;1-5(2,3)4/h2-5H,1H2;2-4H2,1H3,(H,5,6,7);(H2,1,2,3,4). The normalized spacial score (nSPS) is 10.6. The number of rotatable bonds is 4. The lowest BCUT2D eigenvalue weighted by Gasteiger charge is -1.90. The van der Waals surface area contributed by atoms with Crippen LogP contribution in [0.1, 0.15) is 19.8 Å². The Morgan fingerprint density at radius 1 is 1.25 bits per heavy atom. The summed E-state index contributed by atoms with van der Waals surface area (Å²) in [6.07, 6.45) is 8.24. The van der Waals surface area contributed by atoms with Gasteiger partial charge in [0, 0.05) is 18.6 Å². The second kappa shape index (κ2) is 10.5. The Morgan fingerprint density at radius 3 is 1.90 bits per heavy atom. The lowest BCUT2D eigenvalue weighted by atomic mass is 10.4. The molecule has 0 bridgehead atoms. The highest BCUT2D eigenvalue weighted by molar-refractivity contribution is 7.85. The first kappa shape index (κ1) is 21.0. The number of hydrogen-bond acceptors (Lipinski definition) is 5. The summed E-state index contributed by atoms with van der Waals surface area (Å²) in [6.45, 7) is 5.39. The fourth-order valence-corrected chi connectivity index (χ4v) is 1.36. The smallest absolute Gasteiger partial charge is 0.314 e. The van der Waals surface area contributed by atoms with Crippen molar-refractivity contribution in [3.8, 4) is 0 Å². The molecule has 118 valence electrons. The van der Waals surface area contributed by atoms with Crippen molar-refractivity contribution < 1.29 is 30.5 Å². The third kappa shape index (κ3) is 25.5. The molecule has 0 saturated carbocycles. The predicted octanol–water partition coefficient (Wildman–Crippen LogP) is 1.01. The molecule has 1 rings (SSSR count). The van der Waals surface area contributed by atoms with Crippen molar-refractivity contribution in [2.24, 2.45) is 0 Å². The molecule has 1 aromatic rings. The van der Waals surface area contributed by atoms with E-state index < -0.39 is 20.5 Å². The molecule has 0 spiro atoms. The summed E-state index contributed by atoms with van der Waals surface area (Å²) in [7, 11) is -8.35. The van der Waals surface area contributed by atoms with Gasteiger partial charge in [0.1, 0.15) is 0 Å². The molecule has 0 unspecified atom stereocenters. The minimum Gasteiger partial charge on any atom is -0.314 e. The van der Waals surface area contributed by atoms with Crippen molar-refractivity contribution in [2.75, 3.05) is 5.75 Å². The fourth-order valence-electron chi connectivity index (χ4n) is 0.704. The first-order valence-electron chi connectivity index (χ1n) is 5.24. The molecular weight excluding hydrogens is 312 g/mol. The van der Waals surface area contributed by atoms with Gasteiger partial charge in [0.2, 0.25) is 0 Å². The van der Waals surface area contributed by atoms with Gasteiger partial charge in [-0.3, -0.25) is 13.7 Å². The van der Waals surface area contributed by atoms with E-state index in [4.69, 9.17) is 22.1 Å². The first-order valence-corrected chi connectivity index (χ1v) is 8.25. The van der Waals surface area contributed by atoms with Crippen LogP contribution in [0.5, 0.6) is 0 Å². The summed E-state index contributed by atoms with van der Waals surface area (Å²) >= 11 is 0. The summed E-state index contributed by atoms with van der Waals surface area (Å²) in [6, 6.07) is 0. The van der Waals surface area contributed by atoms with Crippen LogP contribution in [0.25, 0.3) is 6.20 Å². The van der Waals surface area contributed by atoms with Gasteiger partial charge in [0.25, 0.3) is 10.1 Å². The highest BCUT2D eigenvalue weighted by Crippen LogP contribution is 1.90. The lowest BCUT2D eigenvalue weighted by Crippen LogP contribution is -2.02. The molecule has 0 saturated heterocycles. The summed E-state index contributed by atoms with van der Waals surface area (Å²) in [5.41, 5.74) is 0. The van der Waals surface area contributed by atoms with E-state index in [-0.39, 0.29) is 5.75 Å². The van der Waals surface area contributed by atoms with Crippen molar-refractivity contribution in [1.29, 1.82) is 0 Å². The number of nitrogens with zero attached hydrogens (tertiary/aromatic N) is 2. The molecule has 0 aliphatic rings. The van der Waals surface area contributed by atoms with Gasteiger partial charge in [-0.1, -0.05) is 19.9 Å². The quantitative estimate of drug-likeness (QED) is 0.693. The van der Waals surface area contributed by atoms with E-state index in [0.29, 0.717) is 6.42 Å². The highest BCUT2D eigenvalue weighted by atomic mass is 32.3. The highest BCUT2D eigenvalue weighted by Gasteiger charge is 2.00. The van der Waals surface area contributed by atoms with Crippen LogP contribution in [0.4, 0.5) is 0 Å². The van der Waals surface area contributed by atoms with E-state index in [0.717, 1.165) is 6.42 Å². The van der Waals surface area contributed by atoms with Gasteiger partial charge >= 0.3 is 10.4 Å². The Bertz CT molecular complexity index is 541. The molecule has 0 fully saturated rings. The van der Waals surface area contributed by atoms with Crippen molar-refractivity contribution in [3.05, 3.63) is 25.3 Å². The van der Waals surface area contributed by atoms with E-state index in [1.807, 2.05) is 13.1 Å². The van der Waals surface area contributed by atoms with Gasteiger partial charge in [-0.15, -0.1) is 0 Å². The van der Waals surface area contributed by atoms with Crippen molar-refractivity contribution in [2.45, 2.75) is 19.8 Å². The largest absolute Gasteiger partial charge is 0.394 e. The maximum atomic E-state index is 9.95. The molecule has 1 aromatic heterocycles. The third-order valence-electron chi connectivity index (χ3n) is 1.49. The topological polar surface area (TPSA) is 147 Å². The maximum Gasteiger partial charge on any atom is 0.394 e. The monoisotopic (exact) mass is 330 g/mol. The fraction of sp³-hybridized carbons (Fsp3) is 0.444. The molecular formula is C9H18N2O7S2. The van der Waals surface area contributed by atoms with Crippen LogP contribution in [-0.2, 0) is 20.5 Å². The molecule has 0 aliphatic carbocycles. The van der Waals surface area contributed by atoms with Crippen LogP contribution in [0, 0.1) is 0 Å². The summed E-state index contributed by atoms with van der Waals surface area (Å²) in [5, 5.41) is 0. The predicted molar refractivity (Wildman–Crippen MR) is 74.1 cm³/mol. The SMILES string of the molecule is C=Cn1ccnc1.CCCCS(=O)(=O)O.O=S(=O)(O)O. The lowest BCUT2D eigenvalue weighted by molar-refractivity contribution is 0.381. The van der Waals surface area contributed by atoms with Gasteiger partial charge in [-0.25, -0.2) is 4.98 Å². The molecule has 3 N–H and O–H groups in total. The number of imidazole rings is 1. The average Bonchev–Trinajstić information content (AvgIpc) is 2.76. The molecule has 0 atom stereocenters. The molecule has 0 amide bonds. The molecule has 20 heavy (non-hydrogen) atoms. The molecule has 0 aliphatic heterocycles. The Balaban J connectivity index is 0. The molecule has 0 radical (unpaired) electrons. The van der Waals surface area contributed by atoms with Gasteiger partial charge < -0.3 is 4.57 Å². The van der Waals surface area contributed by atoms with Gasteiger partial charge in [-0.05, 0) is 6.42 Å². The van der Waals surface area contributed by atoms with Crippen LogP contribution in [-0.4, -0.2) is 45.8 Å². The van der Waals surface area contributed by atoms with E-state index in [9.17, 15) is 8.42 Å². The summed E-state index contributed by atoms with van der Waals surface area (Å²) in [4.78, 5) is 3.78. The van der Waals surface area contributed by atoms with E-state index in [1.165, 1.54) is 0 Å². The minimum atomic E-state index is -4.67. The molecule has 0 aromatic carbocycles. The number of unbranched alkanes of at least 4 members (excludes halogenated alkanes) is 1. The van der Waals surface area contributed by atoms with E-state index in [2.05, 4.69) is 11.6 Å². The first-order chi connectivity index (χ1) is 8.99. The van der Waals surface area contributed by atoms with Gasteiger partial charge in [0.05, 0.1) is 12.1 Å². The van der Waals surface area contributed by atoms with Crippen LogP contribution >= 0.6 is 0 Å². The summed E-state index contributed by atoms with van der Waals surface area (Å²) < 4.78 is 61.4. The minimum absolute atomic E-state index is 0.108. The Kier molecular flexibility index (Phi) is 11.1. The van der Waals surface area contributed by atoms with Crippen LogP contribution in [0.3, 0.4) is 0 Å². The zero-order valence-electron chi connectivity index (χ0n) is 10.8. The third-order valence-corrected chi connectivity index (χ3v) is 2.30. The zero-order chi connectivity index (χ0) is 16.2. The summed E-state index contributed by atoms with van der Waals surface area (Å²) in [5.74, 6) is -0.108. The van der Waals surface area contributed by atoms with Crippen LogP contribution in [0.15, 0.2) is 25.3 Å². The van der Waals surface area contributed by atoms with E-state index in [1.54, 1.807) is 23.3 Å². The number of aromatic nitrogens is 2. The van der Waals surface area contributed by atoms with Gasteiger partial charge in [0.15, 0.2) is 0 Å².